The van der Waals surface area contributed by atoms with E-state index < -0.39 is 6.43 Å². The van der Waals surface area contributed by atoms with Crippen LogP contribution in [0.3, 0.4) is 0 Å². The number of carbonyl (C=O) groups is 1. The largest absolute Gasteiger partial charge is 0.439 e. The van der Waals surface area contributed by atoms with Gasteiger partial charge in [0.15, 0.2) is 0 Å². The normalized spacial score (nSPS) is 16.8. The molecule has 0 bridgehead atoms. The zero-order chi connectivity index (χ0) is 21.1. The van der Waals surface area contributed by atoms with Crippen LogP contribution in [0.1, 0.15) is 22.5 Å². The second-order valence-corrected chi connectivity index (χ2v) is 6.97. The zero-order valence-corrected chi connectivity index (χ0v) is 16.0. The van der Waals surface area contributed by atoms with E-state index in [0.717, 1.165) is 11.6 Å². The third kappa shape index (κ3) is 4.37. The average molecular weight is 414 g/mol. The average Bonchev–Trinajstić information content (AvgIpc) is 2.78. The molecule has 2 aromatic heterocycles. The van der Waals surface area contributed by atoms with E-state index in [9.17, 15) is 18.7 Å². The predicted octanol–water partition coefficient (Wildman–Crippen LogP) is 2.77. The number of halogens is 2. The highest BCUT2D eigenvalue weighted by Crippen LogP contribution is 2.26. The van der Waals surface area contributed by atoms with Crippen molar-refractivity contribution in [3.8, 4) is 11.6 Å². The van der Waals surface area contributed by atoms with E-state index in [0.29, 0.717) is 36.6 Å². The molecule has 0 radical (unpaired) electrons. The van der Waals surface area contributed by atoms with Gasteiger partial charge in [0, 0.05) is 48.9 Å². The number of aromatic nitrogens is 2. The van der Waals surface area contributed by atoms with Crippen molar-refractivity contribution in [1.82, 2.24) is 20.2 Å². The van der Waals surface area contributed by atoms with Gasteiger partial charge >= 0.3 is 0 Å². The topological polar surface area (TPSA) is 87.6 Å². The number of aliphatic hydroxyl groups is 1. The first-order chi connectivity index (χ1) is 14.5. The smallest absolute Gasteiger partial charge is 0.272 e. The highest BCUT2D eigenvalue weighted by Gasteiger charge is 2.24. The lowest BCUT2D eigenvalue weighted by molar-refractivity contribution is 0.0666. The fraction of sp³-hybridized carbons (Fsp3) is 0.286. The molecule has 30 heavy (non-hydrogen) atoms. The van der Waals surface area contributed by atoms with Gasteiger partial charge in [0.25, 0.3) is 12.3 Å². The Morgan fingerprint density at radius 1 is 1.27 bits per heavy atom. The number of pyridine rings is 2. The molecule has 1 amide bonds. The number of piperazine rings is 1. The molecule has 7 nitrogen and oxygen atoms in total. The fourth-order valence-corrected chi connectivity index (χ4v) is 3.28. The summed E-state index contributed by atoms with van der Waals surface area (Å²) < 4.78 is 30.9. The SMILES string of the molecule is O=C(c1ccc2cc(Oc3ccc(C(F)F)cn3)ccc2n1)N1CCN[C@H](CO)C1. The van der Waals surface area contributed by atoms with Crippen LogP contribution in [0.4, 0.5) is 8.78 Å². The molecular weight excluding hydrogens is 394 g/mol. The number of amides is 1. The van der Waals surface area contributed by atoms with Gasteiger partial charge in [0.05, 0.1) is 12.1 Å². The Morgan fingerprint density at radius 3 is 2.87 bits per heavy atom. The van der Waals surface area contributed by atoms with Crippen molar-refractivity contribution in [2.75, 3.05) is 26.2 Å². The number of nitrogens with zero attached hydrogens (tertiary/aromatic N) is 3. The molecule has 1 aliphatic heterocycles. The number of ether oxygens (including phenoxy) is 1. The summed E-state index contributed by atoms with van der Waals surface area (Å²) >= 11 is 0. The van der Waals surface area contributed by atoms with Crippen molar-refractivity contribution in [1.29, 1.82) is 0 Å². The van der Waals surface area contributed by atoms with Crippen LogP contribution in [0.15, 0.2) is 48.7 Å². The van der Waals surface area contributed by atoms with Crippen LogP contribution in [0, 0.1) is 0 Å². The number of hydrogen-bond donors (Lipinski definition) is 2. The molecular formula is C21H20F2N4O3. The summed E-state index contributed by atoms with van der Waals surface area (Å²) in [7, 11) is 0. The lowest BCUT2D eigenvalue weighted by Gasteiger charge is -2.32. The van der Waals surface area contributed by atoms with Crippen LogP contribution >= 0.6 is 0 Å². The summed E-state index contributed by atoms with van der Waals surface area (Å²) in [4.78, 5) is 22.8. The van der Waals surface area contributed by atoms with E-state index in [1.54, 1.807) is 35.2 Å². The number of fused-ring (bicyclic) bond motifs is 1. The van der Waals surface area contributed by atoms with Crippen LogP contribution in [-0.4, -0.2) is 58.2 Å². The molecule has 0 spiro atoms. The highest BCUT2D eigenvalue weighted by molar-refractivity contribution is 5.95. The third-order valence-corrected chi connectivity index (χ3v) is 4.88. The minimum absolute atomic E-state index is 0.0303. The van der Waals surface area contributed by atoms with Crippen LogP contribution < -0.4 is 10.1 Å². The van der Waals surface area contributed by atoms with Gasteiger partial charge in [-0.15, -0.1) is 0 Å². The number of carbonyl (C=O) groups excluding carboxylic acids is 1. The van der Waals surface area contributed by atoms with Gasteiger partial charge in [0.2, 0.25) is 5.88 Å². The standard InChI is InChI=1S/C21H20F2N4O3/c22-20(23)14-2-6-19(25-10-14)30-16-3-5-17-13(9-16)1-4-18(26-17)21(29)27-8-7-24-15(11-27)12-28/h1-6,9-10,15,20,24,28H,7-8,11-12H2/t15-/m0/s1. The van der Waals surface area contributed by atoms with Crippen molar-refractivity contribution in [2.45, 2.75) is 12.5 Å². The molecule has 1 aliphatic rings. The Kier molecular flexibility index (Phi) is 5.82. The van der Waals surface area contributed by atoms with Crippen molar-refractivity contribution in [3.63, 3.8) is 0 Å². The van der Waals surface area contributed by atoms with Gasteiger partial charge in [-0.25, -0.2) is 18.7 Å². The molecule has 0 unspecified atom stereocenters. The Labute approximate surface area is 171 Å². The Bertz CT molecular complexity index is 1050. The van der Waals surface area contributed by atoms with E-state index in [-0.39, 0.29) is 30.0 Å². The lowest BCUT2D eigenvalue weighted by atomic mass is 10.1. The maximum Gasteiger partial charge on any atom is 0.272 e. The Balaban J connectivity index is 1.50. The zero-order valence-electron chi connectivity index (χ0n) is 16.0. The van der Waals surface area contributed by atoms with E-state index in [4.69, 9.17) is 4.74 Å². The van der Waals surface area contributed by atoms with E-state index in [1.807, 2.05) is 0 Å². The van der Waals surface area contributed by atoms with Crippen LogP contribution in [0.2, 0.25) is 0 Å². The molecule has 3 heterocycles. The second-order valence-electron chi connectivity index (χ2n) is 6.97. The summed E-state index contributed by atoms with van der Waals surface area (Å²) in [5.74, 6) is 0.504. The molecule has 4 rings (SSSR count). The molecule has 2 N–H and O–H groups in total. The van der Waals surface area contributed by atoms with Crippen molar-refractivity contribution >= 4 is 16.8 Å². The number of hydrogen-bond acceptors (Lipinski definition) is 6. The minimum Gasteiger partial charge on any atom is -0.439 e. The first-order valence-corrected chi connectivity index (χ1v) is 9.50. The summed E-state index contributed by atoms with van der Waals surface area (Å²) in [6.45, 7) is 1.58. The number of benzene rings is 1. The first-order valence-electron chi connectivity index (χ1n) is 9.50. The van der Waals surface area contributed by atoms with Crippen LogP contribution in [-0.2, 0) is 0 Å². The molecule has 1 aromatic carbocycles. The van der Waals surface area contributed by atoms with Crippen LogP contribution in [0.25, 0.3) is 10.9 Å². The van der Waals surface area contributed by atoms with E-state index in [1.165, 1.54) is 12.1 Å². The van der Waals surface area contributed by atoms with E-state index >= 15 is 0 Å². The monoisotopic (exact) mass is 414 g/mol. The minimum atomic E-state index is -2.58. The Hall–Kier alpha value is -3.17. The van der Waals surface area contributed by atoms with E-state index in [2.05, 4.69) is 15.3 Å². The fourth-order valence-electron chi connectivity index (χ4n) is 3.28. The molecule has 1 fully saturated rings. The summed E-state index contributed by atoms with van der Waals surface area (Å²) in [5, 5.41) is 13.2. The lowest BCUT2D eigenvalue weighted by Crippen LogP contribution is -2.54. The van der Waals surface area contributed by atoms with Gasteiger partial charge in [-0.3, -0.25) is 4.79 Å². The Morgan fingerprint density at radius 2 is 2.13 bits per heavy atom. The third-order valence-electron chi connectivity index (χ3n) is 4.88. The van der Waals surface area contributed by atoms with Gasteiger partial charge in [-0.05, 0) is 30.3 Å². The van der Waals surface area contributed by atoms with Gasteiger partial charge in [0.1, 0.15) is 11.4 Å². The molecule has 1 saturated heterocycles. The summed E-state index contributed by atoms with van der Waals surface area (Å²) in [5.41, 5.74) is 0.791. The maximum absolute atomic E-state index is 12.8. The summed E-state index contributed by atoms with van der Waals surface area (Å²) in [6, 6.07) is 11.1. The maximum atomic E-state index is 12.8. The summed E-state index contributed by atoms with van der Waals surface area (Å²) in [6.07, 6.45) is -1.50. The number of aliphatic hydroxyl groups excluding tert-OH is 1. The molecule has 0 aliphatic carbocycles. The van der Waals surface area contributed by atoms with Crippen molar-refractivity contribution in [2.24, 2.45) is 0 Å². The molecule has 1 atom stereocenters. The van der Waals surface area contributed by atoms with Crippen molar-refractivity contribution in [3.05, 3.63) is 59.9 Å². The van der Waals surface area contributed by atoms with Crippen LogP contribution in [0.5, 0.6) is 11.6 Å². The molecule has 0 saturated carbocycles. The molecule has 3 aromatic rings. The first kappa shape index (κ1) is 20.1. The number of alkyl halides is 2. The van der Waals surface area contributed by atoms with Gasteiger partial charge in [-0.2, -0.15) is 0 Å². The quantitative estimate of drug-likeness (QED) is 0.668. The number of nitrogens with one attached hydrogen (secondary N) is 1. The van der Waals surface area contributed by atoms with Crippen molar-refractivity contribution < 1.29 is 23.4 Å². The van der Waals surface area contributed by atoms with Gasteiger partial charge in [-0.1, -0.05) is 6.07 Å². The second kappa shape index (κ2) is 8.68. The highest BCUT2D eigenvalue weighted by atomic mass is 19.3. The number of rotatable bonds is 5. The molecule has 156 valence electrons. The molecule has 9 heteroatoms. The predicted molar refractivity (Wildman–Crippen MR) is 106 cm³/mol. The van der Waals surface area contributed by atoms with Gasteiger partial charge < -0.3 is 20.1 Å².